The maximum absolute atomic E-state index is 12.8. The number of halogens is 1. The Kier molecular flexibility index (Phi) is 5.56. The first kappa shape index (κ1) is 20.2. The van der Waals surface area contributed by atoms with Gasteiger partial charge in [-0.25, -0.2) is 18.1 Å². The Morgan fingerprint density at radius 1 is 1.24 bits per heavy atom. The first-order valence-electron chi connectivity index (χ1n) is 8.89. The van der Waals surface area contributed by atoms with Crippen molar-refractivity contribution >= 4 is 54.1 Å². The Morgan fingerprint density at radius 2 is 2.03 bits per heavy atom. The van der Waals surface area contributed by atoms with Gasteiger partial charge in [-0.2, -0.15) is 4.31 Å². The minimum atomic E-state index is -3.66. The standard InChI is InChI=1S/C18H17BrN4O4S2/c19-15-7-8-16(28-15)29(26,27)22-9-3-4-12(10-22)17(24)21-23-11-20-14-6-2-1-5-13(14)18(23)25/h1-2,5-8,11-12H,3-4,9-10H2,(H,21,24). The van der Waals surface area contributed by atoms with Crippen molar-refractivity contribution in [2.24, 2.45) is 5.92 Å². The fraction of sp³-hybridized carbons (Fsp3) is 0.278. The average molecular weight is 497 g/mol. The molecule has 11 heteroatoms. The normalized spacial score (nSPS) is 18.0. The molecule has 29 heavy (non-hydrogen) atoms. The van der Waals surface area contributed by atoms with Gasteiger partial charge in [-0.15, -0.1) is 11.3 Å². The summed E-state index contributed by atoms with van der Waals surface area (Å²) < 4.78 is 29.0. The molecule has 3 heterocycles. The Bertz CT molecular complexity index is 1240. The molecular weight excluding hydrogens is 480 g/mol. The lowest BCUT2D eigenvalue weighted by atomic mass is 9.99. The molecule has 1 saturated heterocycles. The number of aromatic nitrogens is 2. The number of fused-ring (bicyclic) bond motifs is 1. The lowest BCUT2D eigenvalue weighted by molar-refractivity contribution is -0.121. The molecule has 1 aliphatic heterocycles. The van der Waals surface area contributed by atoms with E-state index in [-0.39, 0.29) is 16.3 Å². The number of thiophene rings is 1. The average Bonchev–Trinajstić information content (AvgIpc) is 3.17. The quantitative estimate of drug-likeness (QED) is 0.597. The SMILES string of the molecule is O=C(Nn1cnc2ccccc2c1=O)C1CCCN(S(=O)(=O)c2ccc(Br)s2)C1. The highest BCUT2D eigenvalue weighted by molar-refractivity contribution is 9.11. The number of para-hydroxylation sites is 1. The van der Waals surface area contributed by atoms with Crippen LogP contribution in [0.4, 0.5) is 0 Å². The predicted octanol–water partition coefficient (Wildman–Crippen LogP) is 2.39. The molecule has 0 aliphatic carbocycles. The van der Waals surface area contributed by atoms with Crippen molar-refractivity contribution in [3.05, 3.63) is 56.9 Å². The van der Waals surface area contributed by atoms with Crippen LogP contribution in [-0.2, 0) is 14.8 Å². The predicted molar refractivity (Wildman–Crippen MR) is 114 cm³/mol. The summed E-state index contributed by atoms with van der Waals surface area (Å²) in [6.45, 7) is 0.429. The summed E-state index contributed by atoms with van der Waals surface area (Å²) in [4.78, 5) is 29.5. The summed E-state index contributed by atoms with van der Waals surface area (Å²) in [6.07, 6.45) is 2.37. The maximum Gasteiger partial charge on any atom is 0.280 e. The van der Waals surface area contributed by atoms with Gasteiger partial charge in [-0.3, -0.25) is 15.0 Å². The molecule has 0 radical (unpaired) electrons. The lowest BCUT2D eigenvalue weighted by Gasteiger charge is -2.30. The van der Waals surface area contributed by atoms with E-state index in [9.17, 15) is 18.0 Å². The summed E-state index contributed by atoms with van der Waals surface area (Å²) in [5.41, 5.74) is 2.72. The molecule has 1 fully saturated rings. The number of hydrogen-bond acceptors (Lipinski definition) is 6. The van der Waals surface area contributed by atoms with Gasteiger partial charge in [0, 0.05) is 13.1 Å². The van der Waals surface area contributed by atoms with Crippen LogP contribution >= 0.6 is 27.3 Å². The van der Waals surface area contributed by atoms with E-state index in [0.29, 0.717) is 30.3 Å². The van der Waals surface area contributed by atoms with Gasteiger partial charge < -0.3 is 0 Å². The van der Waals surface area contributed by atoms with E-state index in [1.807, 2.05) is 0 Å². The minimum Gasteiger partial charge on any atom is -0.273 e. The van der Waals surface area contributed by atoms with Crippen molar-refractivity contribution in [2.45, 2.75) is 17.1 Å². The van der Waals surface area contributed by atoms with Crippen molar-refractivity contribution < 1.29 is 13.2 Å². The van der Waals surface area contributed by atoms with Gasteiger partial charge in [0.25, 0.3) is 15.6 Å². The number of nitrogens with one attached hydrogen (secondary N) is 1. The summed E-state index contributed by atoms with van der Waals surface area (Å²) in [5.74, 6) is -0.961. The molecule has 1 aliphatic rings. The summed E-state index contributed by atoms with van der Waals surface area (Å²) in [7, 11) is -3.66. The third-order valence-electron chi connectivity index (χ3n) is 4.79. The molecule has 1 atom stereocenters. The van der Waals surface area contributed by atoms with Crippen LogP contribution in [0.15, 0.2) is 55.5 Å². The van der Waals surface area contributed by atoms with E-state index in [0.717, 1.165) is 19.8 Å². The molecule has 3 aromatic rings. The minimum absolute atomic E-state index is 0.0689. The number of sulfonamides is 1. The number of nitrogens with zero attached hydrogens (tertiary/aromatic N) is 3. The number of piperidine rings is 1. The molecule has 4 rings (SSSR count). The molecular formula is C18H17BrN4O4S2. The smallest absolute Gasteiger partial charge is 0.273 e. The van der Waals surface area contributed by atoms with Crippen LogP contribution in [0.1, 0.15) is 12.8 Å². The largest absolute Gasteiger partial charge is 0.280 e. The monoisotopic (exact) mass is 496 g/mol. The lowest BCUT2D eigenvalue weighted by Crippen LogP contribution is -2.46. The van der Waals surface area contributed by atoms with E-state index >= 15 is 0 Å². The van der Waals surface area contributed by atoms with Crippen molar-refractivity contribution in [1.82, 2.24) is 14.0 Å². The fourth-order valence-corrected chi connectivity index (χ4v) is 6.99. The number of rotatable bonds is 4. The first-order chi connectivity index (χ1) is 13.9. The van der Waals surface area contributed by atoms with E-state index in [1.165, 1.54) is 10.6 Å². The first-order valence-corrected chi connectivity index (χ1v) is 11.9. The van der Waals surface area contributed by atoms with Crippen molar-refractivity contribution in [3.63, 3.8) is 0 Å². The number of carbonyl (C=O) groups excluding carboxylic acids is 1. The highest BCUT2D eigenvalue weighted by atomic mass is 79.9. The Hall–Kier alpha value is -2.08. The van der Waals surface area contributed by atoms with Crippen LogP contribution in [0.25, 0.3) is 10.9 Å². The van der Waals surface area contributed by atoms with Crippen molar-refractivity contribution in [3.8, 4) is 0 Å². The van der Waals surface area contributed by atoms with Gasteiger partial charge in [0.2, 0.25) is 5.91 Å². The molecule has 1 N–H and O–H groups in total. The highest BCUT2D eigenvalue weighted by Gasteiger charge is 2.34. The molecule has 1 unspecified atom stereocenters. The summed E-state index contributed by atoms with van der Waals surface area (Å²) in [6, 6.07) is 10.1. The summed E-state index contributed by atoms with van der Waals surface area (Å²) >= 11 is 4.41. The van der Waals surface area contributed by atoms with Crippen LogP contribution in [0.3, 0.4) is 0 Å². The van der Waals surface area contributed by atoms with Gasteiger partial charge in [-0.1, -0.05) is 12.1 Å². The molecule has 2 aromatic heterocycles. The van der Waals surface area contributed by atoms with Crippen LogP contribution in [0, 0.1) is 5.92 Å². The second-order valence-corrected chi connectivity index (χ2v) is 11.3. The third-order valence-corrected chi connectivity index (χ3v) is 8.75. The number of hydrogen-bond donors (Lipinski definition) is 1. The Balaban J connectivity index is 1.52. The van der Waals surface area contributed by atoms with Crippen molar-refractivity contribution in [2.75, 3.05) is 18.5 Å². The third kappa shape index (κ3) is 4.00. The van der Waals surface area contributed by atoms with Gasteiger partial charge in [0.15, 0.2) is 0 Å². The number of benzene rings is 1. The highest BCUT2D eigenvalue weighted by Crippen LogP contribution is 2.30. The maximum atomic E-state index is 12.8. The molecule has 0 saturated carbocycles. The molecule has 152 valence electrons. The van der Waals surface area contributed by atoms with Crippen molar-refractivity contribution in [1.29, 1.82) is 0 Å². The Morgan fingerprint density at radius 3 is 2.79 bits per heavy atom. The topological polar surface area (TPSA) is 101 Å². The van der Waals surface area contributed by atoms with Gasteiger partial charge >= 0.3 is 0 Å². The van der Waals surface area contributed by atoms with Crippen LogP contribution in [0.5, 0.6) is 0 Å². The molecule has 0 bridgehead atoms. The number of amides is 1. The molecule has 1 amide bonds. The second-order valence-electron chi connectivity index (χ2n) is 6.67. The molecule has 1 aromatic carbocycles. The van der Waals surface area contributed by atoms with E-state index in [1.54, 1.807) is 36.4 Å². The fourth-order valence-electron chi connectivity index (χ4n) is 3.30. The van der Waals surface area contributed by atoms with Gasteiger partial charge in [0.05, 0.1) is 20.6 Å². The summed E-state index contributed by atoms with van der Waals surface area (Å²) in [5, 5.41) is 0.395. The van der Waals surface area contributed by atoms with E-state index in [2.05, 4.69) is 26.3 Å². The Labute approximate surface area is 179 Å². The van der Waals surface area contributed by atoms with Gasteiger partial charge in [-0.05, 0) is 53.0 Å². The van der Waals surface area contributed by atoms with E-state index in [4.69, 9.17) is 0 Å². The zero-order valence-electron chi connectivity index (χ0n) is 15.1. The van der Waals surface area contributed by atoms with Gasteiger partial charge in [0.1, 0.15) is 10.5 Å². The zero-order chi connectivity index (χ0) is 20.6. The van der Waals surface area contributed by atoms with Crippen LogP contribution in [-0.4, -0.2) is 41.4 Å². The second kappa shape index (κ2) is 7.98. The van der Waals surface area contributed by atoms with E-state index < -0.39 is 21.8 Å². The number of carbonyl (C=O) groups is 1. The molecule has 8 nitrogen and oxygen atoms in total. The molecule has 0 spiro atoms. The van der Waals surface area contributed by atoms with Crippen LogP contribution < -0.4 is 11.0 Å². The zero-order valence-corrected chi connectivity index (χ0v) is 18.3. The van der Waals surface area contributed by atoms with Crippen LogP contribution in [0.2, 0.25) is 0 Å².